The zero-order valence-electron chi connectivity index (χ0n) is 18.3. The molecule has 4 rings (SSSR count). The van der Waals surface area contributed by atoms with E-state index in [0.717, 1.165) is 25.0 Å². The second kappa shape index (κ2) is 9.71. The van der Waals surface area contributed by atoms with Crippen LogP contribution in [-0.4, -0.2) is 18.7 Å². The van der Waals surface area contributed by atoms with Crippen molar-refractivity contribution in [2.45, 2.75) is 63.5 Å². The molecule has 0 radical (unpaired) electrons. The molecule has 2 aliphatic rings. The van der Waals surface area contributed by atoms with Crippen LogP contribution in [0.25, 0.3) is 0 Å². The van der Waals surface area contributed by atoms with Crippen LogP contribution in [0.5, 0.6) is 0 Å². The molecule has 0 aliphatic carbocycles. The molecule has 0 aromatic heterocycles. The van der Waals surface area contributed by atoms with Crippen molar-refractivity contribution in [3.8, 4) is 0 Å². The average molecular weight is 465 g/mol. The second-order valence-electron chi connectivity index (χ2n) is 8.68. The summed E-state index contributed by atoms with van der Waals surface area (Å²) in [6.07, 6.45) is -2.36. The Labute approximate surface area is 190 Å². The molecule has 0 bridgehead atoms. The molecule has 8 heteroatoms. The summed E-state index contributed by atoms with van der Waals surface area (Å²) >= 11 is 0. The van der Waals surface area contributed by atoms with Crippen LogP contribution in [-0.2, 0) is 20.4 Å². The van der Waals surface area contributed by atoms with Gasteiger partial charge in [-0.05, 0) is 55.2 Å². The summed E-state index contributed by atoms with van der Waals surface area (Å²) in [4.78, 5) is 11.9. The first kappa shape index (κ1) is 23.5. The van der Waals surface area contributed by atoms with Gasteiger partial charge in [-0.3, -0.25) is 4.79 Å². The van der Waals surface area contributed by atoms with Crippen molar-refractivity contribution in [2.24, 2.45) is 5.92 Å². The Morgan fingerprint density at radius 2 is 2.00 bits per heavy atom. The quantitative estimate of drug-likeness (QED) is 0.387. The Balaban J connectivity index is 1.61. The Morgan fingerprint density at radius 1 is 1.18 bits per heavy atom. The Hall–Kier alpha value is -2.61. The third-order valence-corrected chi connectivity index (χ3v) is 6.35. The highest BCUT2D eigenvalue weighted by molar-refractivity contribution is 5.69. The van der Waals surface area contributed by atoms with Crippen molar-refractivity contribution >= 4 is 11.7 Å². The van der Waals surface area contributed by atoms with Crippen LogP contribution < -0.4 is 5.32 Å². The first-order valence-corrected chi connectivity index (χ1v) is 11.3. The second-order valence-corrected chi connectivity index (χ2v) is 8.68. The van der Waals surface area contributed by atoms with Gasteiger partial charge in [0.1, 0.15) is 12.4 Å². The van der Waals surface area contributed by atoms with Crippen molar-refractivity contribution in [1.29, 1.82) is 0 Å². The first-order chi connectivity index (χ1) is 15.8. The summed E-state index contributed by atoms with van der Waals surface area (Å²) in [5.41, 5.74) is 0.912. The SMILES string of the molecule is CCCCC(=O)OC[C@H]1CC[C@@H]2[C@H](O1)c1cc(C(F)(F)F)ccc1N[C@H]2c1cccc(F)c1. The van der Waals surface area contributed by atoms with Gasteiger partial charge in [-0.2, -0.15) is 13.2 Å². The molecule has 4 atom stereocenters. The van der Waals surface area contributed by atoms with E-state index in [1.54, 1.807) is 12.1 Å². The van der Waals surface area contributed by atoms with E-state index in [0.29, 0.717) is 36.1 Å². The van der Waals surface area contributed by atoms with E-state index in [4.69, 9.17) is 9.47 Å². The number of unbranched alkanes of at least 4 members (excludes halogenated alkanes) is 1. The predicted octanol–water partition coefficient (Wildman–Crippen LogP) is 6.58. The Bertz CT molecular complexity index is 994. The normalized spacial score (nSPS) is 24.4. The van der Waals surface area contributed by atoms with Gasteiger partial charge in [0.25, 0.3) is 0 Å². The summed E-state index contributed by atoms with van der Waals surface area (Å²) in [5, 5.41) is 3.31. The number of alkyl halides is 3. The molecule has 4 nitrogen and oxygen atoms in total. The minimum absolute atomic E-state index is 0.0676. The Kier molecular flexibility index (Phi) is 6.93. The highest BCUT2D eigenvalue weighted by atomic mass is 19.4. The van der Waals surface area contributed by atoms with Crippen LogP contribution in [0.15, 0.2) is 42.5 Å². The molecule has 2 aromatic carbocycles. The number of carbonyl (C=O) groups excluding carboxylic acids is 1. The van der Waals surface area contributed by atoms with Crippen LogP contribution in [0.2, 0.25) is 0 Å². The lowest BCUT2D eigenvalue weighted by Gasteiger charge is -2.45. The molecule has 33 heavy (non-hydrogen) atoms. The topological polar surface area (TPSA) is 47.6 Å². The van der Waals surface area contributed by atoms with E-state index < -0.39 is 23.9 Å². The summed E-state index contributed by atoms with van der Waals surface area (Å²) in [5.74, 6) is -0.877. The van der Waals surface area contributed by atoms with E-state index in [2.05, 4.69) is 5.32 Å². The standard InChI is InChI=1S/C25H27F4NO3/c1-2-3-7-22(31)32-14-18-9-10-19-23(15-5-4-6-17(26)12-15)30-21-11-8-16(25(27,28)29)13-20(21)24(19)33-18/h4-6,8,11-13,18-19,23-24,30H,2-3,7,9-10,14H2,1H3/t18-,19+,23+,24+/m1/s1. The predicted molar refractivity (Wildman–Crippen MR) is 115 cm³/mol. The molecule has 0 amide bonds. The van der Waals surface area contributed by atoms with E-state index >= 15 is 0 Å². The van der Waals surface area contributed by atoms with Gasteiger partial charge in [0.2, 0.25) is 0 Å². The monoisotopic (exact) mass is 465 g/mol. The lowest BCUT2D eigenvalue weighted by molar-refractivity contribution is -0.157. The number of fused-ring (bicyclic) bond motifs is 3. The zero-order valence-corrected chi connectivity index (χ0v) is 18.3. The molecule has 2 heterocycles. The first-order valence-electron chi connectivity index (χ1n) is 11.3. The fourth-order valence-corrected chi connectivity index (χ4v) is 4.66. The molecule has 2 aromatic rings. The minimum atomic E-state index is -4.48. The van der Waals surface area contributed by atoms with E-state index in [-0.39, 0.29) is 30.4 Å². The molecule has 2 aliphatic heterocycles. The van der Waals surface area contributed by atoms with Crippen molar-refractivity contribution in [3.05, 3.63) is 65.0 Å². The summed E-state index contributed by atoms with van der Waals surface area (Å²) < 4.78 is 65.7. The molecule has 0 unspecified atom stereocenters. The minimum Gasteiger partial charge on any atom is -0.463 e. The van der Waals surface area contributed by atoms with Crippen molar-refractivity contribution in [3.63, 3.8) is 0 Å². The number of benzene rings is 2. The van der Waals surface area contributed by atoms with Crippen molar-refractivity contribution in [2.75, 3.05) is 11.9 Å². The maximum absolute atomic E-state index is 13.9. The average Bonchev–Trinajstić information content (AvgIpc) is 2.79. The van der Waals surface area contributed by atoms with Crippen LogP contribution >= 0.6 is 0 Å². The van der Waals surface area contributed by atoms with Crippen LogP contribution in [0.1, 0.15) is 67.9 Å². The van der Waals surface area contributed by atoms with Crippen molar-refractivity contribution in [1.82, 2.24) is 0 Å². The number of halogens is 4. The van der Waals surface area contributed by atoms with E-state index in [1.165, 1.54) is 18.2 Å². The summed E-state index contributed by atoms with van der Waals surface area (Å²) in [6, 6.07) is 9.45. The smallest absolute Gasteiger partial charge is 0.416 e. The van der Waals surface area contributed by atoms with Gasteiger partial charge in [0.05, 0.1) is 23.8 Å². The number of rotatable bonds is 6. The lowest BCUT2D eigenvalue weighted by Crippen LogP contribution is -2.40. The molecule has 1 saturated heterocycles. The third kappa shape index (κ3) is 5.32. The van der Waals surface area contributed by atoms with Gasteiger partial charge in [-0.25, -0.2) is 4.39 Å². The van der Waals surface area contributed by atoms with Gasteiger partial charge in [-0.1, -0.05) is 25.5 Å². The summed E-state index contributed by atoms with van der Waals surface area (Å²) in [6.45, 7) is 2.05. The van der Waals surface area contributed by atoms with E-state index in [1.807, 2.05) is 6.92 Å². The molecule has 1 fully saturated rings. The van der Waals surface area contributed by atoms with Gasteiger partial charge in [0, 0.05) is 23.6 Å². The number of ether oxygens (including phenoxy) is 2. The summed E-state index contributed by atoms with van der Waals surface area (Å²) in [7, 11) is 0. The molecular weight excluding hydrogens is 438 g/mol. The Morgan fingerprint density at radius 3 is 2.73 bits per heavy atom. The molecule has 178 valence electrons. The molecule has 0 spiro atoms. The van der Waals surface area contributed by atoms with Crippen LogP contribution in [0, 0.1) is 11.7 Å². The van der Waals surface area contributed by atoms with E-state index in [9.17, 15) is 22.4 Å². The zero-order chi connectivity index (χ0) is 23.6. The molecule has 1 N–H and O–H groups in total. The molecule has 0 saturated carbocycles. The fraction of sp³-hybridized carbons (Fsp3) is 0.480. The fourth-order valence-electron chi connectivity index (χ4n) is 4.66. The number of esters is 1. The largest absolute Gasteiger partial charge is 0.463 e. The number of carbonyl (C=O) groups is 1. The van der Waals surface area contributed by atoms with Gasteiger partial charge >= 0.3 is 12.1 Å². The van der Waals surface area contributed by atoms with Gasteiger partial charge in [0.15, 0.2) is 0 Å². The van der Waals surface area contributed by atoms with Crippen LogP contribution in [0.3, 0.4) is 0 Å². The highest BCUT2D eigenvalue weighted by Crippen LogP contribution is 2.51. The molecular formula is C25H27F4NO3. The number of hydrogen-bond donors (Lipinski definition) is 1. The van der Waals surface area contributed by atoms with Gasteiger partial charge in [-0.15, -0.1) is 0 Å². The van der Waals surface area contributed by atoms with Crippen molar-refractivity contribution < 1.29 is 31.8 Å². The van der Waals surface area contributed by atoms with Crippen LogP contribution in [0.4, 0.5) is 23.2 Å². The number of hydrogen-bond acceptors (Lipinski definition) is 4. The number of nitrogens with one attached hydrogen (secondary N) is 1. The third-order valence-electron chi connectivity index (χ3n) is 6.35. The number of anilines is 1. The highest BCUT2D eigenvalue weighted by Gasteiger charge is 2.44. The maximum atomic E-state index is 13.9. The lowest BCUT2D eigenvalue weighted by atomic mass is 9.76. The maximum Gasteiger partial charge on any atom is 0.416 e. The van der Waals surface area contributed by atoms with Gasteiger partial charge < -0.3 is 14.8 Å².